The molecule has 1 heterocycles. The van der Waals surface area contributed by atoms with Gasteiger partial charge in [-0.15, -0.1) is 5.10 Å². The van der Waals surface area contributed by atoms with E-state index in [1.54, 1.807) is 11.6 Å². The van der Waals surface area contributed by atoms with Crippen molar-refractivity contribution >= 4 is 5.91 Å². The van der Waals surface area contributed by atoms with Crippen LogP contribution in [0.15, 0.2) is 24.3 Å². The van der Waals surface area contributed by atoms with E-state index in [1.807, 2.05) is 31.2 Å². The van der Waals surface area contributed by atoms with Crippen molar-refractivity contribution in [2.45, 2.75) is 13.8 Å². The lowest BCUT2D eigenvalue weighted by molar-refractivity contribution is 0.0995. The van der Waals surface area contributed by atoms with E-state index in [0.717, 1.165) is 5.69 Å². The summed E-state index contributed by atoms with van der Waals surface area (Å²) in [6, 6.07) is 7.42. The van der Waals surface area contributed by atoms with Gasteiger partial charge in [0.1, 0.15) is 11.4 Å². The molecule has 0 saturated heterocycles. The molecule has 0 aliphatic rings. The van der Waals surface area contributed by atoms with Gasteiger partial charge in [-0.25, -0.2) is 4.68 Å². The second kappa shape index (κ2) is 4.87. The molecular weight excluding hydrogens is 232 g/mol. The predicted molar refractivity (Wildman–Crippen MR) is 65.8 cm³/mol. The van der Waals surface area contributed by atoms with Crippen molar-refractivity contribution < 1.29 is 9.53 Å². The molecule has 18 heavy (non-hydrogen) atoms. The Labute approximate surface area is 104 Å². The first kappa shape index (κ1) is 12.1. The third-order valence-electron chi connectivity index (χ3n) is 2.52. The Bertz CT molecular complexity index is 577. The number of para-hydroxylation sites is 2. The van der Waals surface area contributed by atoms with Crippen molar-refractivity contribution in [1.82, 2.24) is 15.0 Å². The van der Waals surface area contributed by atoms with E-state index in [1.165, 1.54) is 0 Å². The van der Waals surface area contributed by atoms with Crippen LogP contribution >= 0.6 is 0 Å². The van der Waals surface area contributed by atoms with E-state index in [4.69, 9.17) is 10.5 Å². The summed E-state index contributed by atoms with van der Waals surface area (Å²) in [4.78, 5) is 11.2. The molecule has 6 heteroatoms. The van der Waals surface area contributed by atoms with Crippen LogP contribution in [0.3, 0.4) is 0 Å². The molecule has 2 rings (SSSR count). The molecule has 1 amide bonds. The van der Waals surface area contributed by atoms with Gasteiger partial charge < -0.3 is 10.5 Å². The molecule has 0 spiro atoms. The van der Waals surface area contributed by atoms with Crippen LogP contribution in [0.25, 0.3) is 5.69 Å². The third-order valence-corrected chi connectivity index (χ3v) is 2.52. The fourth-order valence-electron chi connectivity index (χ4n) is 1.70. The molecule has 0 aliphatic carbocycles. The number of amides is 1. The lowest BCUT2D eigenvalue weighted by atomic mass is 10.2. The Morgan fingerprint density at radius 3 is 2.78 bits per heavy atom. The highest BCUT2D eigenvalue weighted by Crippen LogP contribution is 2.23. The van der Waals surface area contributed by atoms with Crippen LogP contribution in [0.1, 0.15) is 23.1 Å². The zero-order valence-corrected chi connectivity index (χ0v) is 10.3. The number of rotatable bonds is 4. The molecule has 0 unspecified atom stereocenters. The molecule has 0 aliphatic heterocycles. The van der Waals surface area contributed by atoms with Crippen LogP contribution in [0.2, 0.25) is 0 Å². The van der Waals surface area contributed by atoms with Gasteiger partial charge in [0.15, 0.2) is 5.69 Å². The van der Waals surface area contributed by atoms with E-state index in [9.17, 15) is 4.79 Å². The first-order valence-corrected chi connectivity index (χ1v) is 5.59. The highest BCUT2D eigenvalue weighted by Gasteiger charge is 2.16. The summed E-state index contributed by atoms with van der Waals surface area (Å²) in [5.74, 6) is 0.0941. The average Bonchev–Trinajstić information content (AvgIpc) is 2.72. The van der Waals surface area contributed by atoms with Crippen LogP contribution in [-0.2, 0) is 0 Å². The third kappa shape index (κ3) is 2.04. The molecule has 2 N–H and O–H groups in total. The lowest BCUT2D eigenvalue weighted by Gasteiger charge is -2.10. The number of carbonyl (C=O) groups excluding carboxylic acids is 1. The molecule has 2 aromatic rings. The maximum absolute atomic E-state index is 11.2. The quantitative estimate of drug-likeness (QED) is 0.874. The minimum Gasteiger partial charge on any atom is -0.492 e. The lowest BCUT2D eigenvalue weighted by Crippen LogP contribution is -2.13. The highest BCUT2D eigenvalue weighted by molar-refractivity contribution is 5.91. The van der Waals surface area contributed by atoms with Gasteiger partial charge in [-0.2, -0.15) is 0 Å². The van der Waals surface area contributed by atoms with Gasteiger partial charge in [-0.1, -0.05) is 17.3 Å². The van der Waals surface area contributed by atoms with E-state index < -0.39 is 5.91 Å². The van der Waals surface area contributed by atoms with Crippen molar-refractivity contribution in [2.75, 3.05) is 6.61 Å². The fourth-order valence-corrected chi connectivity index (χ4v) is 1.70. The van der Waals surface area contributed by atoms with Gasteiger partial charge in [0.2, 0.25) is 0 Å². The highest BCUT2D eigenvalue weighted by atomic mass is 16.5. The summed E-state index contributed by atoms with van der Waals surface area (Å²) < 4.78 is 7.06. The first-order valence-electron chi connectivity index (χ1n) is 5.59. The number of carbonyl (C=O) groups is 1. The van der Waals surface area contributed by atoms with Crippen LogP contribution in [0.4, 0.5) is 0 Å². The minimum absolute atomic E-state index is 0.168. The number of nitrogens with zero attached hydrogens (tertiary/aromatic N) is 3. The monoisotopic (exact) mass is 246 g/mol. The number of primary amides is 1. The Morgan fingerprint density at radius 1 is 1.44 bits per heavy atom. The van der Waals surface area contributed by atoms with Crippen molar-refractivity contribution in [3.8, 4) is 11.4 Å². The number of benzene rings is 1. The van der Waals surface area contributed by atoms with Crippen LogP contribution in [0.5, 0.6) is 5.75 Å². The van der Waals surface area contributed by atoms with Gasteiger partial charge in [0.05, 0.1) is 12.3 Å². The van der Waals surface area contributed by atoms with Gasteiger partial charge >= 0.3 is 0 Å². The molecule has 0 radical (unpaired) electrons. The Kier molecular flexibility index (Phi) is 3.27. The number of hydrogen-bond acceptors (Lipinski definition) is 4. The maximum atomic E-state index is 11.2. The first-order chi connectivity index (χ1) is 8.65. The summed E-state index contributed by atoms with van der Waals surface area (Å²) in [6.45, 7) is 4.19. The number of ether oxygens (including phenoxy) is 1. The molecule has 94 valence electrons. The molecule has 1 aromatic carbocycles. The zero-order chi connectivity index (χ0) is 13.1. The fraction of sp³-hybridized carbons (Fsp3) is 0.250. The Morgan fingerprint density at radius 2 is 2.17 bits per heavy atom. The van der Waals surface area contributed by atoms with E-state index in [-0.39, 0.29) is 5.69 Å². The van der Waals surface area contributed by atoms with Crippen molar-refractivity contribution in [3.05, 3.63) is 35.7 Å². The number of nitrogens with two attached hydrogens (primary N) is 1. The van der Waals surface area contributed by atoms with Crippen molar-refractivity contribution in [1.29, 1.82) is 0 Å². The predicted octanol–water partition coefficient (Wildman–Crippen LogP) is 1.07. The molecule has 0 atom stereocenters. The smallest absolute Gasteiger partial charge is 0.271 e. The Balaban J connectivity index is 2.52. The van der Waals surface area contributed by atoms with E-state index in [2.05, 4.69) is 10.3 Å². The van der Waals surface area contributed by atoms with Gasteiger partial charge in [-0.3, -0.25) is 4.79 Å². The summed E-state index contributed by atoms with van der Waals surface area (Å²) >= 11 is 0. The molecule has 6 nitrogen and oxygen atoms in total. The topological polar surface area (TPSA) is 83.0 Å². The molecular formula is C12H14N4O2. The van der Waals surface area contributed by atoms with Gasteiger partial charge in [0, 0.05) is 0 Å². The zero-order valence-electron chi connectivity index (χ0n) is 10.3. The molecule has 0 saturated carbocycles. The summed E-state index contributed by atoms with van der Waals surface area (Å²) in [5, 5.41) is 7.71. The minimum atomic E-state index is -0.590. The Hall–Kier alpha value is -2.37. The second-order valence-electron chi connectivity index (χ2n) is 3.70. The van der Waals surface area contributed by atoms with E-state index >= 15 is 0 Å². The van der Waals surface area contributed by atoms with Crippen LogP contribution < -0.4 is 10.5 Å². The maximum Gasteiger partial charge on any atom is 0.271 e. The van der Waals surface area contributed by atoms with E-state index in [0.29, 0.717) is 18.1 Å². The summed E-state index contributed by atoms with van der Waals surface area (Å²) in [5.41, 5.74) is 6.71. The van der Waals surface area contributed by atoms with Crippen LogP contribution in [-0.4, -0.2) is 27.5 Å². The summed E-state index contributed by atoms with van der Waals surface area (Å²) in [6.07, 6.45) is 0. The number of aromatic nitrogens is 3. The standard InChI is InChI=1S/C12H14N4O2/c1-3-18-10-7-5-4-6-9(10)16-8(2)11(12(13)17)14-15-16/h4-7H,3H2,1-2H3,(H2,13,17). The normalized spacial score (nSPS) is 10.3. The SMILES string of the molecule is CCOc1ccccc1-n1nnc(C(N)=O)c1C. The molecule has 1 aromatic heterocycles. The summed E-state index contributed by atoms with van der Waals surface area (Å²) in [7, 11) is 0. The van der Waals surface area contributed by atoms with Gasteiger partial charge in [-0.05, 0) is 26.0 Å². The molecule has 0 fully saturated rings. The second-order valence-corrected chi connectivity index (χ2v) is 3.70. The average molecular weight is 246 g/mol. The molecule has 0 bridgehead atoms. The van der Waals surface area contributed by atoms with Crippen molar-refractivity contribution in [3.63, 3.8) is 0 Å². The van der Waals surface area contributed by atoms with Crippen LogP contribution in [0, 0.1) is 6.92 Å². The number of hydrogen-bond donors (Lipinski definition) is 1. The largest absolute Gasteiger partial charge is 0.492 e. The van der Waals surface area contributed by atoms with Gasteiger partial charge in [0.25, 0.3) is 5.91 Å². The van der Waals surface area contributed by atoms with Crippen molar-refractivity contribution in [2.24, 2.45) is 5.73 Å².